The van der Waals surface area contributed by atoms with Crippen LogP contribution in [0.2, 0.25) is 0 Å². The van der Waals surface area contributed by atoms with Gasteiger partial charge in [0.2, 0.25) is 0 Å². The summed E-state index contributed by atoms with van der Waals surface area (Å²) in [6.07, 6.45) is 5.42. The van der Waals surface area contributed by atoms with E-state index in [0.29, 0.717) is 18.3 Å². The molecule has 0 aliphatic carbocycles. The first kappa shape index (κ1) is 19.2. The van der Waals surface area contributed by atoms with Gasteiger partial charge in [-0.15, -0.1) is 0 Å². The summed E-state index contributed by atoms with van der Waals surface area (Å²) >= 11 is 5.58. The lowest BCUT2D eigenvalue weighted by Crippen LogP contribution is -2.36. The highest BCUT2D eigenvalue weighted by Gasteiger charge is 2.42. The third-order valence-corrected chi connectivity index (χ3v) is 5.23. The Balaban J connectivity index is 1.71. The molecule has 4 rings (SSSR count). The number of nitrogens with zero attached hydrogens (tertiary/aromatic N) is 3. The second-order valence-corrected chi connectivity index (χ2v) is 7.09. The zero-order valence-electron chi connectivity index (χ0n) is 16.0. The van der Waals surface area contributed by atoms with Crippen LogP contribution < -0.4 is 5.32 Å². The summed E-state index contributed by atoms with van der Waals surface area (Å²) in [5.41, 5.74) is 1.87. The molecular weight excluding hydrogens is 388 g/mol. The third kappa shape index (κ3) is 4.02. The second-order valence-electron chi connectivity index (χ2n) is 6.70. The van der Waals surface area contributed by atoms with Crippen molar-refractivity contribution in [3.63, 3.8) is 0 Å². The number of carbonyl (C=O) groups excluding carboxylic acids is 1. The molecule has 3 aromatic rings. The van der Waals surface area contributed by atoms with E-state index >= 15 is 0 Å². The van der Waals surface area contributed by atoms with E-state index < -0.39 is 0 Å². The molecule has 0 saturated carbocycles. The molecule has 1 saturated heterocycles. The monoisotopic (exact) mass is 410 g/mol. The van der Waals surface area contributed by atoms with Crippen molar-refractivity contribution in [2.45, 2.75) is 25.6 Å². The van der Waals surface area contributed by atoms with Gasteiger partial charge in [-0.1, -0.05) is 6.07 Å². The Hall–Kier alpha value is -3.13. The Morgan fingerprint density at radius 3 is 2.90 bits per heavy atom. The van der Waals surface area contributed by atoms with Crippen LogP contribution in [0.5, 0.6) is 0 Å². The van der Waals surface area contributed by atoms with Gasteiger partial charge < -0.3 is 23.9 Å². The van der Waals surface area contributed by atoms with Crippen LogP contribution in [0.4, 0.5) is 0 Å². The Morgan fingerprint density at radius 1 is 1.28 bits per heavy atom. The molecule has 3 aromatic heterocycles. The van der Waals surface area contributed by atoms with Crippen LogP contribution in [0, 0.1) is 0 Å². The molecular formula is C21H22N4O3S. The maximum absolute atomic E-state index is 12.3. The molecule has 8 heteroatoms. The molecule has 0 spiro atoms. The van der Waals surface area contributed by atoms with Gasteiger partial charge in [0, 0.05) is 18.1 Å². The summed E-state index contributed by atoms with van der Waals surface area (Å²) in [7, 11) is 0. The Bertz CT molecular complexity index is 971. The van der Waals surface area contributed by atoms with Gasteiger partial charge in [-0.25, -0.2) is 0 Å². The molecule has 0 radical (unpaired) electrons. The number of aromatic nitrogens is 2. The van der Waals surface area contributed by atoms with E-state index in [-0.39, 0.29) is 24.6 Å². The second kappa shape index (κ2) is 8.48. The van der Waals surface area contributed by atoms with Crippen molar-refractivity contribution >= 4 is 23.3 Å². The molecule has 2 unspecified atom stereocenters. The molecule has 0 aromatic carbocycles. The number of pyridine rings is 1. The van der Waals surface area contributed by atoms with Crippen molar-refractivity contribution in [2.75, 3.05) is 13.2 Å². The van der Waals surface area contributed by atoms with Crippen LogP contribution in [0.1, 0.15) is 36.2 Å². The highest BCUT2D eigenvalue weighted by atomic mass is 32.1. The van der Waals surface area contributed by atoms with Crippen LogP contribution in [0.15, 0.2) is 65.5 Å². The number of hydrogen-bond acceptors (Lipinski definition) is 5. The standard InChI is InChI=1S/C21H22N4O3S/c1-2-27-18(26)14-25-20(19(23-21(25)29)16-8-3-4-10-22-16)17-9-5-11-24(17)13-15-7-6-12-28-15/h3-12,19-20H,2,13-14H2,1H3,(H,23,29). The fourth-order valence-corrected chi connectivity index (χ4v) is 3.96. The van der Waals surface area contributed by atoms with Crippen LogP contribution in [0.25, 0.3) is 0 Å². The molecule has 0 amide bonds. The highest BCUT2D eigenvalue weighted by molar-refractivity contribution is 7.80. The minimum absolute atomic E-state index is 0.0691. The van der Waals surface area contributed by atoms with E-state index in [1.165, 1.54) is 0 Å². The average molecular weight is 410 g/mol. The van der Waals surface area contributed by atoms with Gasteiger partial charge in [0.1, 0.15) is 12.3 Å². The molecule has 1 fully saturated rings. The zero-order chi connectivity index (χ0) is 20.2. The lowest BCUT2D eigenvalue weighted by atomic mass is 10.0. The number of nitrogens with one attached hydrogen (secondary N) is 1. The number of rotatable bonds is 7. The summed E-state index contributed by atoms with van der Waals surface area (Å²) in [4.78, 5) is 18.6. The molecule has 150 valence electrons. The fourth-order valence-electron chi connectivity index (χ4n) is 3.65. The Kier molecular flexibility index (Phi) is 5.62. The van der Waals surface area contributed by atoms with E-state index in [1.807, 2.05) is 53.6 Å². The van der Waals surface area contributed by atoms with Gasteiger partial charge in [-0.05, 0) is 55.5 Å². The number of furan rings is 1. The van der Waals surface area contributed by atoms with Crippen molar-refractivity contribution in [1.29, 1.82) is 0 Å². The molecule has 0 bridgehead atoms. The van der Waals surface area contributed by atoms with Crippen LogP contribution in [-0.2, 0) is 16.1 Å². The molecule has 7 nitrogen and oxygen atoms in total. The first-order valence-electron chi connectivity index (χ1n) is 9.48. The smallest absolute Gasteiger partial charge is 0.325 e. The molecule has 29 heavy (non-hydrogen) atoms. The SMILES string of the molecule is CCOC(=O)CN1C(=S)NC(c2ccccn2)C1c1cccn1Cc1ccco1. The third-order valence-electron chi connectivity index (χ3n) is 4.88. The summed E-state index contributed by atoms with van der Waals surface area (Å²) in [5.74, 6) is 0.537. The lowest BCUT2D eigenvalue weighted by molar-refractivity contribution is -0.143. The number of esters is 1. The number of hydrogen-bond donors (Lipinski definition) is 1. The van der Waals surface area contributed by atoms with Crippen molar-refractivity contribution in [3.05, 3.63) is 78.3 Å². The topological polar surface area (TPSA) is 72.5 Å². The lowest BCUT2D eigenvalue weighted by Gasteiger charge is -2.28. The van der Waals surface area contributed by atoms with Gasteiger partial charge in [-0.3, -0.25) is 9.78 Å². The van der Waals surface area contributed by atoms with Crippen LogP contribution in [0.3, 0.4) is 0 Å². The van der Waals surface area contributed by atoms with Gasteiger partial charge in [0.05, 0.1) is 37.2 Å². The molecule has 1 N–H and O–H groups in total. The fraction of sp³-hybridized carbons (Fsp3) is 0.286. The maximum atomic E-state index is 12.3. The Morgan fingerprint density at radius 2 is 2.17 bits per heavy atom. The van der Waals surface area contributed by atoms with Crippen LogP contribution >= 0.6 is 12.2 Å². The average Bonchev–Trinajstić information content (AvgIpc) is 3.45. The first-order chi connectivity index (χ1) is 14.2. The van der Waals surface area contributed by atoms with Crippen LogP contribution in [-0.4, -0.2) is 38.7 Å². The highest BCUT2D eigenvalue weighted by Crippen LogP contribution is 2.38. The van der Waals surface area contributed by atoms with E-state index in [9.17, 15) is 4.79 Å². The van der Waals surface area contributed by atoms with Gasteiger partial charge in [0.25, 0.3) is 0 Å². The number of thiocarbonyl (C=S) groups is 1. The Labute approximate surface area is 174 Å². The summed E-state index contributed by atoms with van der Waals surface area (Å²) in [5, 5.41) is 3.85. The van der Waals surface area contributed by atoms with Gasteiger partial charge in [-0.2, -0.15) is 0 Å². The normalized spacial score (nSPS) is 18.7. The first-order valence-corrected chi connectivity index (χ1v) is 9.89. The van der Waals surface area contributed by atoms with Crippen molar-refractivity contribution in [1.82, 2.24) is 19.8 Å². The largest absolute Gasteiger partial charge is 0.467 e. The minimum atomic E-state index is -0.313. The maximum Gasteiger partial charge on any atom is 0.325 e. The van der Waals surface area contributed by atoms with Crippen molar-refractivity contribution in [2.24, 2.45) is 0 Å². The predicted octanol–water partition coefficient (Wildman–Crippen LogP) is 3.06. The molecule has 1 aliphatic heterocycles. The van der Waals surface area contributed by atoms with Gasteiger partial charge >= 0.3 is 5.97 Å². The minimum Gasteiger partial charge on any atom is -0.467 e. The van der Waals surface area contributed by atoms with Crippen molar-refractivity contribution < 1.29 is 13.9 Å². The van der Waals surface area contributed by atoms with E-state index in [4.69, 9.17) is 21.4 Å². The molecule has 2 atom stereocenters. The zero-order valence-corrected chi connectivity index (χ0v) is 16.8. The van der Waals surface area contributed by atoms with E-state index in [1.54, 1.807) is 19.4 Å². The predicted molar refractivity (Wildman–Crippen MR) is 111 cm³/mol. The van der Waals surface area contributed by atoms with Gasteiger partial charge in [0.15, 0.2) is 5.11 Å². The van der Waals surface area contributed by atoms with Crippen molar-refractivity contribution in [3.8, 4) is 0 Å². The molecule has 4 heterocycles. The summed E-state index contributed by atoms with van der Waals surface area (Å²) < 4.78 is 12.8. The quantitative estimate of drug-likeness (QED) is 0.474. The van der Waals surface area contributed by atoms with E-state index in [2.05, 4.69) is 14.9 Å². The summed E-state index contributed by atoms with van der Waals surface area (Å²) in [6, 6.07) is 13.2. The van der Waals surface area contributed by atoms with E-state index in [0.717, 1.165) is 17.1 Å². The summed E-state index contributed by atoms with van der Waals surface area (Å²) in [6.45, 7) is 2.78. The number of ether oxygens (including phenoxy) is 1. The molecule has 1 aliphatic rings. The number of carbonyl (C=O) groups is 1.